The monoisotopic (exact) mass is 256 g/mol. The molecule has 2 rings (SSSR count). The summed E-state index contributed by atoms with van der Waals surface area (Å²) in [7, 11) is 3.83. The summed E-state index contributed by atoms with van der Waals surface area (Å²) in [6.45, 7) is 1.91. The van der Waals surface area contributed by atoms with E-state index in [-0.39, 0.29) is 0 Å². The minimum absolute atomic E-state index is 0.913. The molecule has 0 bridgehead atoms. The van der Waals surface area contributed by atoms with Crippen molar-refractivity contribution in [2.75, 3.05) is 20.7 Å². The van der Waals surface area contributed by atoms with E-state index in [0.717, 1.165) is 31.0 Å². The number of hydrogen-bond acceptors (Lipinski definition) is 3. The lowest BCUT2D eigenvalue weighted by Gasteiger charge is -2.16. The van der Waals surface area contributed by atoms with Gasteiger partial charge in [-0.25, -0.2) is 0 Å². The molecule has 1 aromatic heterocycles. The summed E-state index contributed by atoms with van der Waals surface area (Å²) in [5.41, 5.74) is 2.41. The molecule has 0 saturated heterocycles. The summed E-state index contributed by atoms with van der Waals surface area (Å²) in [5, 5.41) is 0. The predicted octanol–water partition coefficient (Wildman–Crippen LogP) is 2.76. The topological polar surface area (TPSA) is 25.4 Å². The normalized spacial score (nSPS) is 10.7. The van der Waals surface area contributed by atoms with Gasteiger partial charge in [-0.1, -0.05) is 18.2 Å². The van der Waals surface area contributed by atoms with E-state index in [2.05, 4.69) is 35.1 Å². The van der Waals surface area contributed by atoms with Crippen molar-refractivity contribution in [1.29, 1.82) is 0 Å². The van der Waals surface area contributed by atoms with Crippen molar-refractivity contribution >= 4 is 0 Å². The van der Waals surface area contributed by atoms with Gasteiger partial charge in [0, 0.05) is 31.4 Å². The van der Waals surface area contributed by atoms with Gasteiger partial charge in [-0.05, 0) is 36.9 Å². The van der Waals surface area contributed by atoms with E-state index < -0.39 is 0 Å². The number of ether oxygens (including phenoxy) is 1. The van der Waals surface area contributed by atoms with Gasteiger partial charge in [-0.3, -0.25) is 4.98 Å². The molecule has 0 spiro atoms. The van der Waals surface area contributed by atoms with Crippen LogP contribution in [0.4, 0.5) is 0 Å². The second kappa shape index (κ2) is 6.90. The zero-order valence-corrected chi connectivity index (χ0v) is 11.5. The molecule has 3 nitrogen and oxygen atoms in total. The highest BCUT2D eigenvalue weighted by Crippen LogP contribution is 2.13. The quantitative estimate of drug-likeness (QED) is 0.794. The fraction of sp³-hybridized carbons (Fsp3) is 0.312. The third-order valence-corrected chi connectivity index (χ3v) is 3.06. The van der Waals surface area contributed by atoms with Gasteiger partial charge in [0.05, 0.1) is 7.11 Å². The van der Waals surface area contributed by atoms with Crippen LogP contribution in [0.1, 0.15) is 11.3 Å². The Bertz CT molecular complexity index is 499. The highest BCUT2D eigenvalue weighted by Gasteiger charge is 2.02. The Morgan fingerprint density at radius 3 is 2.79 bits per heavy atom. The minimum Gasteiger partial charge on any atom is -0.497 e. The first kappa shape index (κ1) is 13.6. The molecular weight excluding hydrogens is 236 g/mol. The second-order valence-electron chi connectivity index (χ2n) is 4.66. The molecule has 1 aromatic carbocycles. The summed E-state index contributed by atoms with van der Waals surface area (Å²) >= 11 is 0. The van der Waals surface area contributed by atoms with Crippen LogP contribution in [0.15, 0.2) is 48.7 Å². The SMILES string of the molecule is COc1cccc(CN(C)CCc2ccccn2)c1. The van der Waals surface area contributed by atoms with Gasteiger partial charge in [0.2, 0.25) is 0 Å². The molecule has 0 aliphatic carbocycles. The van der Waals surface area contributed by atoms with Crippen molar-refractivity contribution in [3.8, 4) is 5.75 Å². The molecule has 0 amide bonds. The van der Waals surface area contributed by atoms with Crippen molar-refractivity contribution < 1.29 is 4.74 Å². The lowest BCUT2D eigenvalue weighted by Crippen LogP contribution is -2.21. The maximum Gasteiger partial charge on any atom is 0.119 e. The Morgan fingerprint density at radius 2 is 2.05 bits per heavy atom. The lowest BCUT2D eigenvalue weighted by atomic mass is 10.2. The molecule has 0 N–H and O–H groups in total. The van der Waals surface area contributed by atoms with Crippen LogP contribution in [-0.2, 0) is 13.0 Å². The summed E-state index contributed by atoms with van der Waals surface area (Å²) in [6, 6.07) is 14.3. The molecular formula is C16H20N2O. The zero-order valence-electron chi connectivity index (χ0n) is 11.5. The van der Waals surface area contributed by atoms with Gasteiger partial charge in [0.1, 0.15) is 5.75 Å². The van der Waals surface area contributed by atoms with Gasteiger partial charge in [0.25, 0.3) is 0 Å². The molecule has 0 atom stereocenters. The van der Waals surface area contributed by atoms with E-state index in [1.54, 1.807) is 7.11 Å². The van der Waals surface area contributed by atoms with Crippen molar-refractivity contribution in [1.82, 2.24) is 9.88 Å². The highest BCUT2D eigenvalue weighted by atomic mass is 16.5. The van der Waals surface area contributed by atoms with E-state index in [0.29, 0.717) is 0 Å². The molecule has 2 aromatic rings. The van der Waals surface area contributed by atoms with Crippen LogP contribution < -0.4 is 4.74 Å². The largest absolute Gasteiger partial charge is 0.497 e. The minimum atomic E-state index is 0.913. The first-order chi connectivity index (χ1) is 9.28. The van der Waals surface area contributed by atoms with E-state index in [1.807, 2.05) is 30.5 Å². The zero-order chi connectivity index (χ0) is 13.5. The number of methoxy groups -OCH3 is 1. The van der Waals surface area contributed by atoms with Crippen molar-refractivity contribution in [2.45, 2.75) is 13.0 Å². The summed E-state index contributed by atoms with van der Waals surface area (Å²) in [6.07, 6.45) is 2.82. The van der Waals surface area contributed by atoms with E-state index in [4.69, 9.17) is 4.74 Å². The molecule has 3 heteroatoms. The van der Waals surface area contributed by atoms with E-state index in [9.17, 15) is 0 Å². The van der Waals surface area contributed by atoms with Gasteiger partial charge in [0.15, 0.2) is 0 Å². The van der Waals surface area contributed by atoms with Gasteiger partial charge in [-0.2, -0.15) is 0 Å². The summed E-state index contributed by atoms with van der Waals surface area (Å²) < 4.78 is 5.24. The van der Waals surface area contributed by atoms with Crippen molar-refractivity contribution in [2.24, 2.45) is 0 Å². The van der Waals surface area contributed by atoms with Crippen LogP contribution >= 0.6 is 0 Å². The molecule has 0 fully saturated rings. The molecule has 19 heavy (non-hydrogen) atoms. The first-order valence-corrected chi connectivity index (χ1v) is 6.49. The summed E-state index contributed by atoms with van der Waals surface area (Å²) in [5.74, 6) is 0.913. The predicted molar refractivity (Wildman–Crippen MR) is 77.3 cm³/mol. The molecule has 0 radical (unpaired) electrons. The van der Waals surface area contributed by atoms with Gasteiger partial charge in [-0.15, -0.1) is 0 Å². The van der Waals surface area contributed by atoms with Crippen LogP contribution in [0.3, 0.4) is 0 Å². The van der Waals surface area contributed by atoms with Crippen LogP contribution in [0.25, 0.3) is 0 Å². The second-order valence-corrected chi connectivity index (χ2v) is 4.66. The third-order valence-electron chi connectivity index (χ3n) is 3.06. The maximum absolute atomic E-state index is 5.24. The number of benzene rings is 1. The number of likely N-dealkylation sites (N-methyl/N-ethyl adjacent to an activating group) is 1. The fourth-order valence-corrected chi connectivity index (χ4v) is 2.01. The molecule has 0 saturated carbocycles. The standard InChI is InChI=1S/C16H20N2O/c1-18(11-9-15-7-3-4-10-17-15)13-14-6-5-8-16(12-14)19-2/h3-8,10,12H,9,11,13H2,1-2H3. The van der Waals surface area contributed by atoms with E-state index in [1.165, 1.54) is 5.56 Å². The molecule has 0 aliphatic heterocycles. The molecule has 0 aliphatic rings. The van der Waals surface area contributed by atoms with Gasteiger partial charge < -0.3 is 9.64 Å². The average molecular weight is 256 g/mol. The molecule has 100 valence electrons. The van der Waals surface area contributed by atoms with Crippen molar-refractivity contribution in [3.05, 3.63) is 59.9 Å². The Hall–Kier alpha value is -1.87. The first-order valence-electron chi connectivity index (χ1n) is 6.49. The highest BCUT2D eigenvalue weighted by molar-refractivity contribution is 5.28. The smallest absolute Gasteiger partial charge is 0.119 e. The fourth-order valence-electron chi connectivity index (χ4n) is 2.01. The summed E-state index contributed by atoms with van der Waals surface area (Å²) in [4.78, 5) is 6.63. The Balaban J connectivity index is 1.85. The van der Waals surface area contributed by atoms with E-state index >= 15 is 0 Å². The number of nitrogens with zero attached hydrogens (tertiary/aromatic N) is 2. The number of rotatable bonds is 6. The average Bonchev–Trinajstić information content (AvgIpc) is 2.46. The van der Waals surface area contributed by atoms with Gasteiger partial charge >= 0.3 is 0 Å². The van der Waals surface area contributed by atoms with Crippen LogP contribution in [0.5, 0.6) is 5.75 Å². The Morgan fingerprint density at radius 1 is 1.16 bits per heavy atom. The number of pyridine rings is 1. The van der Waals surface area contributed by atoms with Crippen molar-refractivity contribution in [3.63, 3.8) is 0 Å². The lowest BCUT2D eigenvalue weighted by molar-refractivity contribution is 0.329. The van der Waals surface area contributed by atoms with Crippen LogP contribution in [0, 0.1) is 0 Å². The molecule has 1 heterocycles. The number of aromatic nitrogens is 1. The van der Waals surface area contributed by atoms with Crippen LogP contribution in [-0.4, -0.2) is 30.6 Å². The Labute approximate surface area is 114 Å². The van der Waals surface area contributed by atoms with Crippen LogP contribution in [0.2, 0.25) is 0 Å². The maximum atomic E-state index is 5.24. The molecule has 0 unspecified atom stereocenters. The third kappa shape index (κ3) is 4.38. The Kier molecular flexibility index (Phi) is 4.93. The number of hydrogen-bond donors (Lipinski definition) is 0.